The Morgan fingerprint density at radius 3 is 2.69 bits per heavy atom. The van der Waals surface area contributed by atoms with Crippen LogP contribution in [0.4, 0.5) is 5.69 Å². The van der Waals surface area contributed by atoms with Gasteiger partial charge in [0.1, 0.15) is 5.92 Å². The number of nitrogens with one attached hydrogen (secondary N) is 1. The van der Waals surface area contributed by atoms with Gasteiger partial charge in [-0.3, -0.25) is 9.59 Å². The summed E-state index contributed by atoms with van der Waals surface area (Å²) in [6.07, 6.45) is 3.56. The summed E-state index contributed by atoms with van der Waals surface area (Å²) in [4.78, 5) is 29.7. The molecule has 1 aromatic carbocycles. The third-order valence-electron chi connectivity index (χ3n) is 5.61. The molecule has 26 heavy (non-hydrogen) atoms. The lowest BCUT2D eigenvalue weighted by molar-refractivity contribution is -0.142. The SMILES string of the molecule is Cl.O=C1C(C(=O)N2C3CCNCC2CC3)CCN1c1cc(Cl)ccc1Cl. The molecule has 8 heteroatoms. The average Bonchev–Trinajstić information content (AvgIpc) is 3.08. The van der Waals surface area contributed by atoms with E-state index in [4.69, 9.17) is 23.2 Å². The van der Waals surface area contributed by atoms with Crippen molar-refractivity contribution in [3.8, 4) is 0 Å². The van der Waals surface area contributed by atoms with E-state index in [1.54, 1.807) is 23.1 Å². The fraction of sp³-hybridized carbons (Fsp3) is 0.556. The quantitative estimate of drug-likeness (QED) is 0.751. The molecule has 2 amide bonds. The summed E-state index contributed by atoms with van der Waals surface area (Å²) in [6.45, 7) is 2.26. The van der Waals surface area contributed by atoms with E-state index >= 15 is 0 Å². The normalized spacial score (nSPS) is 28.1. The van der Waals surface area contributed by atoms with Crippen molar-refractivity contribution in [2.75, 3.05) is 24.5 Å². The fourth-order valence-corrected chi connectivity index (χ4v) is 4.75. The molecule has 3 saturated heterocycles. The lowest BCUT2D eigenvalue weighted by Gasteiger charge is -2.30. The van der Waals surface area contributed by atoms with Crippen molar-refractivity contribution < 1.29 is 9.59 Å². The summed E-state index contributed by atoms with van der Waals surface area (Å²) < 4.78 is 0. The monoisotopic (exact) mass is 417 g/mol. The number of halogens is 3. The van der Waals surface area contributed by atoms with Gasteiger partial charge in [-0.2, -0.15) is 0 Å². The number of carbonyl (C=O) groups excluding carboxylic acids is 2. The second-order valence-corrected chi connectivity index (χ2v) is 7.89. The summed E-state index contributed by atoms with van der Waals surface area (Å²) in [6, 6.07) is 5.55. The van der Waals surface area contributed by atoms with Crippen LogP contribution in [-0.4, -0.2) is 48.4 Å². The van der Waals surface area contributed by atoms with Gasteiger partial charge in [0, 0.05) is 30.2 Å². The molecule has 5 nitrogen and oxygen atoms in total. The van der Waals surface area contributed by atoms with Crippen molar-refractivity contribution in [1.82, 2.24) is 10.2 Å². The van der Waals surface area contributed by atoms with Crippen LogP contribution in [0.25, 0.3) is 0 Å². The Balaban J connectivity index is 0.00000196. The minimum absolute atomic E-state index is 0. The maximum Gasteiger partial charge on any atom is 0.239 e. The smallest absolute Gasteiger partial charge is 0.239 e. The van der Waals surface area contributed by atoms with Crippen LogP contribution in [0.15, 0.2) is 18.2 Å². The predicted molar refractivity (Wildman–Crippen MR) is 105 cm³/mol. The molecule has 3 aliphatic heterocycles. The number of rotatable bonds is 2. The molecule has 3 fully saturated rings. The van der Waals surface area contributed by atoms with Crippen molar-refractivity contribution in [3.05, 3.63) is 28.2 Å². The second kappa shape index (κ2) is 7.93. The Kier molecular flexibility index (Phi) is 6.02. The molecule has 0 saturated carbocycles. The summed E-state index contributed by atoms with van der Waals surface area (Å²) in [5.41, 5.74) is 0.593. The lowest BCUT2D eigenvalue weighted by atomic mass is 10.0. The number of nitrogens with zero attached hydrogens (tertiary/aromatic N) is 2. The van der Waals surface area contributed by atoms with Gasteiger partial charge in [0.05, 0.1) is 10.7 Å². The first-order valence-electron chi connectivity index (χ1n) is 8.85. The number of hydrogen-bond acceptors (Lipinski definition) is 3. The Morgan fingerprint density at radius 2 is 1.88 bits per heavy atom. The van der Waals surface area contributed by atoms with Gasteiger partial charge in [-0.25, -0.2) is 0 Å². The van der Waals surface area contributed by atoms with E-state index in [9.17, 15) is 9.59 Å². The van der Waals surface area contributed by atoms with Gasteiger partial charge in [-0.05, 0) is 50.4 Å². The van der Waals surface area contributed by atoms with Crippen LogP contribution in [-0.2, 0) is 9.59 Å². The second-order valence-electron chi connectivity index (χ2n) is 7.05. The first-order chi connectivity index (χ1) is 12.1. The van der Waals surface area contributed by atoms with Gasteiger partial charge < -0.3 is 15.1 Å². The maximum absolute atomic E-state index is 13.1. The predicted octanol–water partition coefficient (Wildman–Crippen LogP) is 3.12. The van der Waals surface area contributed by atoms with Crippen LogP contribution >= 0.6 is 35.6 Å². The fourth-order valence-electron chi connectivity index (χ4n) is 4.36. The highest BCUT2D eigenvalue weighted by Crippen LogP contribution is 2.36. The number of hydrogen-bond donors (Lipinski definition) is 1. The van der Waals surface area contributed by atoms with Crippen LogP contribution < -0.4 is 10.2 Å². The summed E-state index contributed by atoms with van der Waals surface area (Å²) >= 11 is 12.3. The molecule has 1 N–H and O–H groups in total. The molecular formula is C18H22Cl3N3O2. The Morgan fingerprint density at radius 1 is 1.12 bits per heavy atom. The van der Waals surface area contributed by atoms with E-state index in [0.29, 0.717) is 28.7 Å². The van der Waals surface area contributed by atoms with Gasteiger partial charge in [-0.1, -0.05) is 23.2 Å². The summed E-state index contributed by atoms with van der Waals surface area (Å²) in [7, 11) is 0. The van der Waals surface area contributed by atoms with Crippen molar-refractivity contribution >= 4 is 53.1 Å². The molecule has 1 aromatic rings. The molecule has 0 aromatic heterocycles. The van der Waals surface area contributed by atoms with Crippen LogP contribution in [0.1, 0.15) is 25.7 Å². The first kappa shape index (κ1) is 19.7. The molecule has 0 aliphatic carbocycles. The highest BCUT2D eigenvalue weighted by atomic mass is 35.5. The number of benzene rings is 1. The topological polar surface area (TPSA) is 52.7 Å². The van der Waals surface area contributed by atoms with Crippen molar-refractivity contribution in [2.45, 2.75) is 37.8 Å². The molecule has 3 heterocycles. The van der Waals surface area contributed by atoms with E-state index in [2.05, 4.69) is 5.32 Å². The van der Waals surface area contributed by atoms with Crippen molar-refractivity contribution in [3.63, 3.8) is 0 Å². The largest absolute Gasteiger partial charge is 0.335 e. The number of anilines is 1. The van der Waals surface area contributed by atoms with Gasteiger partial charge in [0.25, 0.3) is 0 Å². The molecule has 3 atom stereocenters. The molecule has 0 radical (unpaired) electrons. The lowest BCUT2D eigenvalue weighted by Crippen LogP contribution is -2.47. The molecule has 3 aliphatic rings. The molecule has 3 unspecified atom stereocenters. The number of carbonyl (C=O) groups is 2. The van der Waals surface area contributed by atoms with Crippen molar-refractivity contribution in [2.24, 2.45) is 5.92 Å². The minimum atomic E-state index is -0.601. The van der Waals surface area contributed by atoms with Gasteiger partial charge in [-0.15, -0.1) is 12.4 Å². The molecular weight excluding hydrogens is 397 g/mol. The zero-order chi connectivity index (χ0) is 17.6. The van der Waals surface area contributed by atoms with E-state index in [1.807, 2.05) is 4.90 Å². The van der Waals surface area contributed by atoms with E-state index in [1.165, 1.54) is 0 Å². The highest BCUT2D eigenvalue weighted by Gasteiger charge is 2.46. The van der Waals surface area contributed by atoms with Gasteiger partial charge >= 0.3 is 0 Å². The average molecular weight is 419 g/mol. The maximum atomic E-state index is 13.1. The third kappa shape index (κ3) is 3.42. The highest BCUT2D eigenvalue weighted by molar-refractivity contribution is 6.36. The molecule has 0 spiro atoms. The van der Waals surface area contributed by atoms with Crippen LogP contribution in [0.3, 0.4) is 0 Å². The standard InChI is InChI=1S/C18H21Cl2N3O2.ClH/c19-11-1-4-15(20)16(9-11)22-8-6-14(17(22)24)18(25)23-12-2-3-13(23)10-21-7-5-12;/h1,4,9,12-14,21H,2-3,5-8,10H2;1H. The Labute approximate surface area is 169 Å². The zero-order valence-corrected chi connectivity index (χ0v) is 16.6. The Bertz CT molecular complexity index is 701. The molecule has 2 bridgehead atoms. The van der Waals surface area contributed by atoms with Gasteiger partial charge in [0.15, 0.2) is 0 Å². The summed E-state index contributed by atoms with van der Waals surface area (Å²) in [5, 5.41) is 4.40. The Hall–Kier alpha value is -1.01. The number of fused-ring (bicyclic) bond motifs is 2. The van der Waals surface area contributed by atoms with Crippen LogP contribution in [0.2, 0.25) is 10.0 Å². The minimum Gasteiger partial charge on any atom is -0.335 e. The van der Waals surface area contributed by atoms with E-state index in [-0.39, 0.29) is 36.3 Å². The van der Waals surface area contributed by atoms with E-state index < -0.39 is 5.92 Å². The first-order valence-corrected chi connectivity index (χ1v) is 9.61. The van der Waals surface area contributed by atoms with E-state index in [0.717, 1.165) is 32.4 Å². The van der Waals surface area contributed by atoms with Crippen LogP contribution in [0, 0.1) is 5.92 Å². The van der Waals surface area contributed by atoms with Crippen molar-refractivity contribution in [1.29, 1.82) is 0 Å². The zero-order valence-electron chi connectivity index (χ0n) is 14.3. The third-order valence-corrected chi connectivity index (χ3v) is 6.17. The van der Waals surface area contributed by atoms with Crippen LogP contribution in [0.5, 0.6) is 0 Å². The molecule has 142 valence electrons. The molecule has 4 rings (SSSR count). The number of amides is 2. The van der Waals surface area contributed by atoms with Gasteiger partial charge in [0.2, 0.25) is 11.8 Å². The summed E-state index contributed by atoms with van der Waals surface area (Å²) in [5.74, 6) is -0.774.